The summed E-state index contributed by atoms with van der Waals surface area (Å²) in [6, 6.07) is 8.81. The van der Waals surface area contributed by atoms with Gasteiger partial charge in [-0.1, -0.05) is 13.8 Å². The molecule has 0 aliphatic carbocycles. The second kappa shape index (κ2) is 6.91. The zero-order valence-corrected chi connectivity index (χ0v) is 11.8. The van der Waals surface area contributed by atoms with Crippen molar-refractivity contribution in [1.82, 2.24) is 4.90 Å². The van der Waals surface area contributed by atoms with Crippen molar-refractivity contribution in [3.63, 3.8) is 0 Å². The Morgan fingerprint density at radius 2 is 1.95 bits per heavy atom. The van der Waals surface area contributed by atoms with Gasteiger partial charge in [0.05, 0.1) is 11.6 Å². The van der Waals surface area contributed by atoms with Gasteiger partial charge in [-0.25, -0.2) is 0 Å². The Labute approximate surface area is 114 Å². The van der Waals surface area contributed by atoms with Gasteiger partial charge in [0, 0.05) is 25.2 Å². The van der Waals surface area contributed by atoms with E-state index in [-0.39, 0.29) is 11.9 Å². The Morgan fingerprint density at radius 1 is 1.37 bits per heavy atom. The highest BCUT2D eigenvalue weighted by Gasteiger charge is 2.14. The number of nitrogens with zero attached hydrogens (tertiary/aromatic N) is 2. The predicted molar refractivity (Wildman–Crippen MR) is 75.5 cm³/mol. The van der Waals surface area contributed by atoms with Crippen LogP contribution in [0, 0.1) is 17.2 Å². The molecule has 0 aliphatic rings. The Morgan fingerprint density at radius 3 is 2.42 bits per heavy atom. The number of rotatable bonds is 5. The third-order valence-electron chi connectivity index (χ3n) is 3.26. The fourth-order valence-electron chi connectivity index (χ4n) is 1.69. The van der Waals surface area contributed by atoms with Gasteiger partial charge >= 0.3 is 0 Å². The lowest BCUT2D eigenvalue weighted by atomic mass is 10.0. The van der Waals surface area contributed by atoms with Gasteiger partial charge in [0.2, 0.25) is 0 Å². The molecule has 1 amide bonds. The molecule has 1 aromatic carbocycles. The first-order chi connectivity index (χ1) is 8.95. The number of hydrogen-bond donors (Lipinski definition) is 1. The summed E-state index contributed by atoms with van der Waals surface area (Å²) in [5, 5.41) is 8.71. The van der Waals surface area contributed by atoms with Gasteiger partial charge in [0.25, 0.3) is 5.91 Å². The molecule has 0 heterocycles. The van der Waals surface area contributed by atoms with Gasteiger partial charge in [-0.05, 0) is 36.6 Å². The van der Waals surface area contributed by atoms with Gasteiger partial charge < -0.3 is 10.6 Å². The van der Waals surface area contributed by atoms with Crippen molar-refractivity contribution in [2.45, 2.75) is 26.3 Å². The molecule has 4 heteroatoms. The normalized spacial score (nSPS) is 12.0. The molecule has 1 atom stereocenters. The maximum absolute atomic E-state index is 12.1. The van der Waals surface area contributed by atoms with E-state index in [4.69, 9.17) is 11.0 Å². The van der Waals surface area contributed by atoms with Crippen LogP contribution in [0.4, 0.5) is 0 Å². The lowest BCUT2D eigenvalue weighted by Gasteiger charge is -2.21. The fourth-order valence-corrected chi connectivity index (χ4v) is 1.69. The van der Waals surface area contributed by atoms with Crippen LogP contribution in [0.3, 0.4) is 0 Å². The fraction of sp³-hybridized carbons (Fsp3) is 0.467. The van der Waals surface area contributed by atoms with Gasteiger partial charge in [-0.3, -0.25) is 4.79 Å². The molecule has 0 spiro atoms. The molecule has 19 heavy (non-hydrogen) atoms. The summed E-state index contributed by atoms with van der Waals surface area (Å²) in [5.74, 6) is 0.374. The molecule has 1 rings (SSSR count). The zero-order chi connectivity index (χ0) is 14.4. The molecule has 0 aliphatic heterocycles. The van der Waals surface area contributed by atoms with Crippen molar-refractivity contribution in [3.8, 4) is 6.07 Å². The average Bonchev–Trinajstić information content (AvgIpc) is 2.43. The summed E-state index contributed by atoms with van der Waals surface area (Å²) in [5.41, 5.74) is 7.12. The lowest BCUT2D eigenvalue weighted by Crippen LogP contribution is -2.34. The van der Waals surface area contributed by atoms with E-state index in [2.05, 4.69) is 13.8 Å². The van der Waals surface area contributed by atoms with Crippen molar-refractivity contribution >= 4 is 5.91 Å². The van der Waals surface area contributed by atoms with Crippen molar-refractivity contribution in [2.75, 3.05) is 13.6 Å². The van der Waals surface area contributed by atoms with E-state index in [1.54, 1.807) is 36.2 Å². The Hall–Kier alpha value is -1.86. The smallest absolute Gasteiger partial charge is 0.253 e. The maximum atomic E-state index is 12.1. The molecule has 4 nitrogen and oxygen atoms in total. The van der Waals surface area contributed by atoms with Crippen molar-refractivity contribution in [1.29, 1.82) is 5.26 Å². The topological polar surface area (TPSA) is 70.1 Å². The van der Waals surface area contributed by atoms with Crippen molar-refractivity contribution in [2.24, 2.45) is 11.7 Å². The van der Waals surface area contributed by atoms with E-state index in [0.29, 0.717) is 23.6 Å². The van der Waals surface area contributed by atoms with Crippen LogP contribution in [0.5, 0.6) is 0 Å². The minimum Gasteiger partial charge on any atom is -0.342 e. The summed E-state index contributed by atoms with van der Waals surface area (Å²) in [6.07, 6.45) is 0.788. The molecule has 1 aromatic rings. The standard InChI is InChI=1S/C15H21N3O/c1-11(2)14(17)8-9-18(3)15(19)13-6-4-12(10-16)5-7-13/h4-7,11,14H,8-9,17H2,1-3H3. The van der Waals surface area contributed by atoms with Crippen LogP contribution < -0.4 is 5.73 Å². The molecule has 0 saturated heterocycles. The van der Waals surface area contributed by atoms with E-state index < -0.39 is 0 Å². The van der Waals surface area contributed by atoms with E-state index in [0.717, 1.165) is 6.42 Å². The zero-order valence-electron chi connectivity index (χ0n) is 11.8. The Balaban J connectivity index is 2.59. The summed E-state index contributed by atoms with van der Waals surface area (Å²) in [6.45, 7) is 4.79. The number of hydrogen-bond acceptors (Lipinski definition) is 3. The number of nitrogens with two attached hydrogens (primary N) is 1. The maximum Gasteiger partial charge on any atom is 0.253 e. The lowest BCUT2D eigenvalue weighted by molar-refractivity contribution is 0.0789. The van der Waals surface area contributed by atoms with Crippen LogP contribution in [0.15, 0.2) is 24.3 Å². The number of carbonyl (C=O) groups excluding carboxylic acids is 1. The third kappa shape index (κ3) is 4.38. The Bertz CT molecular complexity index is 459. The first kappa shape index (κ1) is 15.2. The van der Waals surface area contributed by atoms with Crippen LogP contribution in [0.25, 0.3) is 0 Å². The van der Waals surface area contributed by atoms with Crippen molar-refractivity contribution < 1.29 is 4.79 Å². The van der Waals surface area contributed by atoms with Crippen LogP contribution in [-0.4, -0.2) is 30.4 Å². The van der Waals surface area contributed by atoms with Gasteiger partial charge in [-0.2, -0.15) is 5.26 Å². The predicted octanol–water partition coefficient (Wildman–Crippen LogP) is 2.00. The monoisotopic (exact) mass is 259 g/mol. The van der Waals surface area contributed by atoms with Gasteiger partial charge in [0.15, 0.2) is 0 Å². The first-order valence-electron chi connectivity index (χ1n) is 6.47. The molecular formula is C15H21N3O. The minimum absolute atomic E-state index is 0.0413. The van der Waals surface area contributed by atoms with E-state index in [1.165, 1.54) is 0 Å². The highest BCUT2D eigenvalue weighted by molar-refractivity contribution is 5.94. The van der Waals surface area contributed by atoms with Crippen LogP contribution in [0.2, 0.25) is 0 Å². The van der Waals surface area contributed by atoms with Gasteiger partial charge in [-0.15, -0.1) is 0 Å². The molecule has 0 aromatic heterocycles. The van der Waals surface area contributed by atoms with Crippen LogP contribution in [0.1, 0.15) is 36.2 Å². The molecule has 0 fully saturated rings. The number of nitriles is 1. The second-order valence-corrected chi connectivity index (χ2v) is 5.11. The molecule has 0 radical (unpaired) electrons. The number of amides is 1. The minimum atomic E-state index is -0.0413. The molecule has 0 bridgehead atoms. The molecule has 102 valence electrons. The highest BCUT2D eigenvalue weighted by Crippen LogP contribution is 2.08. The van der Waals surface area contributed by atoms with Gasteiger partial charge in [0.1, 0.15) is 0 Å². The second-order valence-electron chi connectivity index (χ2n) is 5.11. The highest BCUT2D eigenvalue weighted by atomic mass is 16.2. The molecular weight excluding hydrogens is 238 g/mol. The van der Waals surface area contributed by atoms with Crippen LogP contribution >= 0.6 is 0 Å². The van der Waals surface area contributed by atoms with E-state index in [1.807, 2.05) is 6.07 Å². The molecule has 2 N–H and O–H groups in total. The SMILES string of the molecule is CC(C)C(N)CCN(C)C(=O)c1ccc(C#N)cc1. The number of carbonyl (C=O) groups is 1. The van der Waals surface area contributed by atoms with Crippen LogP contribution in [-0.2, 0) is 0 Å². The summed E-state index contributed by atoms with van der Waals surface area (Å²) in [7, 11) is 1.77. The van der Waals surface area contributed by atoms with E-state index in [9.17, 15) is 4.79 Å². The summed E-state index contributed by atoms with van der Waals surface area (Å²) in [4.78, 5) is 13.8. The first-order valence-corrected chi connectivity index (χ1v) is 6.47. The summed E-state index contributed by atoms with van der Waals surface area (Å²) < 4.78 is 0. The van der Waals surface area contributed by atoms with E-state index >= 15 is 0 Å². The summed E-state index contributed by atoms with van der Waals surface area (Å²) >= 11 is 0. The number of benzene rings is 1. The largest absolute Gasteiger partial charge is 0.342 e. The third-order valence-corrected chi connectivity index (χ3v) is 3.26. The van der Waals surface area contributed by atoms with Crippen molar-refractivity contribution in [3.05, 3.63) is 35.4 Å². The quantitative estimate of drug-likeness (QED) is 0.879. The molecule has 1 unspecified atom stereocenters. The average molecular weight is 259 g/mol. The Kier molecular flexibility index (Phi) is 5.53. The molecule has 0 saturated carbocycles.